The lowest BCUT2D eigenvalue weighted by atomic mass is 10.1. The fraction of sp³-hybridized carbons (Fsp3) is 1.00. The van der Waals surface area contributed by atoms with Gasteiger partial charge in [0.05, 0.1) is 6.61 Å². The van der Waals surface area contributed by atoms with Crippen molar-refractivity contribution >= 4 is 12.4 Å². The van der Waals surface area contributed by atoms with E-state index in [9.17, 15) is 0 Å². The average molecular weight is 153 g/mol. The Morgan fingerprint density at radius 1 is 1.44 bits per heavy atom. The van der Waals surface area contributed by atoms with Gasteiger partial charge >= 0.3 is 0 Å². The van der Waals surface area contributed by atoms with Gasteiger partial charge in [0.15, 0.2) is 5.79 Å². The average Bonchev–Trinajstić information content (AvgIpc) is 1.65. The summed E-state index contributed by atoms with van der Waals surface area (Å²) in [5.74, 6) is -0.821. The van der Waals surface area contributed by atoms with Crippen LogP contribution in [-0.4, -0.2) is 17.5 Å². The molecule has 1 N–H and O–H groups in total. The number of rotatable bonds is 0. The van der Waals surface area contributed by atoms with Crippen molar-refractivity contribution in [1.82, 2.24) is 0 Å². The third-order valence-corrected chi connectivity index (χ3v) is 1.45. The van der Waals surface area contributed by atoms with E-state index in [0.717, 1.165) is 19.3 Å². The van der Waals surface area contributed by atoms with Crippen LogP contribution in [0.2, 0.25) is 0 Å². The number of hydrogen-bond donors (Lipinski definition) is 1. The first-order valence-electron chi connectivity index (χ1n) is 3.07. The summed E-state index contributed by atoms with van der Waals surface area (Å²) in [5.41, 5.74) is 0. The molecule has 0 radical (unpaired) electrons. The summed E-state index contributed by atoms with van der Waals surface area (Å²) < 4.78 is 5.02. The van der Waals surface area contributed by atoms with E-state index >= 15 is 0 Å². The predicted molar refractivity (Wildman–Crippen MR) is 37.7 cm³/mol. The van der Waals surface area contributed by atoms with Gasteiger partial charge in [0, 0.05) is 6.42 Å². The lowest BCUT2D eigenvalue weighted by Gasteiger charge is -2.27. The summed E-state index contributed by atoms with van der Waals surface area (Å²) in [7, 11) is 0. The van der Waals surface area contributed by atoms with E-state index in [0.29, 0.717) is 6.61 Å². The van der Waals surface area contributed by atoms with Crippen LogP contribution in [0.5, 0.6) is 0 Å². The molecule has 0 spiro atoms. The van der Waals surface area contributed by atoms with Gasteiger partial charge in [0.2, 0.25) is 0 Å². The maximum atomic E-state index is 9.15. The largest absolute Gasteiger partial charge is 0.366 e. The minimum Gasteiger partial charge on any atom is -0.366 e. The number of hydrogen-bond acceptors (Lipinski definition) is 2. The Kier molecular flexibility index (Phi) is 3.48. The quantitative estimate of drug-likeness (QED) is 0.568. The first-order valence-corrected chi connectivity index (χ1v) is 3.07. The molecule has 9 heavy (non-hydrogen) atoms. The second kappa shape index (κ2) is 3.40. The molecule has 1 saturated heterocycles. The number of aliphatic hydroxyl groups is 1. The zero-order chi connectivity index (χ0) is 6.04. The first-order chi connectivity index (χ1) is 3.71. The molecule has 1 atom stereocenters. The summed E-state index contributed by atoms with van der Waals surface area (Å²) in [6.45, 7) is 2.43. The van der Waals surface area contributed by atoms with E-state index in [-0.39, 0.29) is 12.4 Å². The van der Waals surface area contributed by atoms with Gasteiger partial charge in [0.1, 0.15) is 0 Å². The van der Waals surface area contributed by atoms with Crippen molar-refractivity contribution in [3.8, 4) is 0 Å². The lowest BCUT2D eigenvalue weighted by molar-refractivity contribution is -0.210. The molecule has 0 aromatic rings. The standard InChI is InChI=1S/C6H12O2.ClH/c1-6(7)4-2-3-5-8-6;/h7H,2-5H2,1H3;1H. The van der Waals surface area contributed by atoms with E-state index in [4.69, 9.17) is 9.84 Å². The minimum atomic E-state index is -0.821. The van der Waals surface area contributed by atoms with Crippen LogP contribution in [0.1, 0.15) is 26.2 Å². The topological polar surface area (TPSA) is 29.5 Å². The van der Waals surface area contributed by atoms with Crippen molar-refractivity contribution in [1.29, 1.82) is 0 Å². The van der Waals surface area contributed by atoms with Crippen molar-refractivity contribution in [3.05, 3.63) is 0 Å². The molecule has 1 heterocycles. The third-order valence-electron chi connectivity index (χ3n) is 1.45. The third kappa shape index (κ3) is 3.04. The molecular weight excluding hydrogens is 140 g/mol. The zero-order valence-electron chi connectivity index (χ0n) is 5.59. The molecule has 2 nitrogen and oxygen atoms in total. The molecule has 1 aliphatic heterocycles. The first kappa shape index (κ1) is 9.21. The Hall–Kier alpha value is 0.210. The fourth-order valence-electron chi connectivity index (χ4n) is 0.919. The highest BCUT2D eigenvalue weighted by Crippen LogP contribution is 2.20. The Morgan fingerprint density at radius 2 is 2.11 bits per heavy atom. The summed E-state index contributed by atoms with van der Waals surface area (Å²) in [6.07, 6.45) is 2.97. The summed E-state index contributed by atoms with van der Waals surface area (Å²) in [5, 5.41) is 9.15. The Balaban J connectivity index is 0.000000640. The van der Waals surface area contributed by atoms with Gasteiger partial charge in [0.25, 0.3) is 0 Å². The van der Waals surface area contributed by atoms with Crippen LogP contribution >= 0.6 is 12.4 Å². The van der Waals surface area contributed by atoms with E-state index < -0.39 is 5.79 Å². The van der Waals surface area contributed by atoms with Gasteiger partial charge in [-0.05, 0) is 19.8 Å². The van der Waals surface area contributed by atoms with Crippen LogP contribution in [0.4, 0.5) is 0 Å². The highest BCUT2D eigenvalue weighted by atomic mass is 35.5. The molecule has 1 rings (SSSR count). The predicted octanol–water partition coefficient (Wildman–Crippen LogP) is 1.32. The van der Waals surface area contributed by atoms with E-state index in [1.54, 1.807) is 6.92 Å². The highest BCUT2D eigenvalue weighted by molar-refractivity contribution is 5.85. The van der Waals surface area contributed by atoms with Crippen molar-refractivity contribution in [3.63, 3.8) is 0 Å². The molecule has 1 fully saturated rings. The number of ether oxygens (including phenoxy) is 1. The molecule has 0 aromatic heterocycles. The fourth-order valence-corrected chi connectivity index (χ4v) is 0.919. The molecule has 0 aromatic carbocycles. The van der Waals surface area contributed by atoms with Gasteiger partial charge in [-0.2, -0.15) is 0 Å². The summed E-state index contributed by atoms with van der Waals surface area (Å²) >= 11 is 0. The summed E-state index contributed by atoms with van der Waals surface area (Å²) in [6, 6.07) is 0. The molecular formula is C6H13ClO2. The SMILES string of the molecule is CC1(O)CCCCO1.Cl. The molecule has 0 aliphatic carbocycles. The van der Waals surface area contributed by atoms with E-state index in [2.05, 4.69) is 0 Å². The Labute approximate surface area is 61.6 Å². The van der Waals surface area contributed by atoms with Crippen molar-refractivity contribution in [2.24, 2.45) is 0 Å². The van der Waals surface area contributed by atoms with Crippen molar-refractivity contribution < 1.29 is 9.84 Å². The number of halogens is 1. The monoisotopic (exact) mass is 152 g/mol. The van der Waals surface area contributed by atoms with Gasteiger partial charge in [-0.1, -0.05) is 0 Å². The van der Waals surface area contributed by atoms with Gasteiger partial charge in [-0.3, -0.25) is 0 Å². The van der Waals surface area contributed by atoms with Crippen LogP contribution in [0, 0.1) is 0 Å². The maximum Gasteiger partial charge on any atom is 0.162 e. The molecule has 3 heteroatoms. The summed E-state index contributed by atoms with van der Waals surface area (Å²) in [4.78, 5) is 0. The van der Waals surface area contributed by atoms with Crippen LogP contribution in [-0.2, 0) is 4.74 Å². The maximum absolute atomic E-state index is 9.15. The molecule has 0 amide bonds. The van der Waals surface area contributed by atoms with Crippen molar-refractivity contribution in [2.45, 2.75) is 32.0 Å². The molecule has 56 valence electrons. The van der Waals surface area contributed by atoms with Crippen LogP contribution < -0.4 is 0 Å². The normalized spacial score (nSPS) is 35.3. The van der Waals surface area contributed by atoms with Gasteiger partial charge in [-0.15, -0.1) is 12.4 Å². The van der Waals surface area contributed by atoms with E-state index in [1.165, 1.54) is 0 Å². The Bertz CT molecular complexity index is 75.1. The Morgan fingerprint density at radius 3 is 2.33 bits per heavy atom. The minimum absolute atomic E-state index is 0. The van der Waals surface area contributed by atoms with Crippen LogP contribution in [0.25, 0.3) is 0 Å². The molecule has 0 saturated carbocycles. The second-order valence-electron chi connectivity index (χ2n) is 2.48. The molecule has 1 unspecified atom stereocenters. The van der Waals surface area contributed by atoms with Gasteiger partial charge in [-0.25, -0.2) is 0 Å². The molecule has 1 aliphatic rings. The van der Waals surface area contributed by atoms with Crippen LogP contribution in [0.15, 0.2) is 0 Å². The van der Waals surface area contributed by atoms with Gasteiger partial charge < -0.3 is 9.84 Å². The van der Waals surface area contributed by atoms with Crippen LogP contribution in [0.3, 0.4) is 0 Å². The zero-order valence-corrected chi connectivity index (χ0v) is 6.41. The lowest BCUT2D eigenvalue weighted by Crippen LogP contribution is -2.31. The second-order valence-corrected chi connectivity index (χ2v) is 2.48. The smallest absolute Gasteiger partial charge is 0.162 e. The van der Waals surface area contributed by atoms with Crippen molar-refractivity contribution in [2.75, 3.05) is 6.61 Å². The molecule has 0 bridgehead atoms. The highest BCUT2D eigenvalue weighted by Gasteiger charge is 2.23. The van der Waals surface area contributed by atoms with E-state index in [1.807, 2.05) is 0 Å².